The molecule has 0 fully saturated rings. The van der Waals surface area contributed by atoms with Crippen LogP contribution >= 0.6 is 34.5 Å². The Morgan fingerprint density at radius 3 is 2.69 bits per heavy atom. The molecule has 6 nitrogen and oxygen atoms in total. The summed E-state index contributed by atoms with van der Waals surface area (Å²) in [7, 11) is 1.45. The summed E-state index contributed by atoms with van der Waals surface area (Å²) in [5.41, 5.74) is 2.28. The number of nitrogens with zero attached hydrogens (tertiary/aromatic N) is 3. The summed E-state index contributed by atoms with van der Waals surface area (Å²) in [6.07, 6.45) is 1.49. The molecule has 0 saturated carbocycles. The molecule has 0 unspecified atom stereocenters. The van der Waals surface area contributed by atoms with Crippen LogP contribution in [0, 0.1) is 5.41 Å². The van der Waals surface area contributed by atoms with Crippen molar-refractivity contribution in [3.8, 4) is 0 Å². The van der Waals surface area contributed by atoms with E-state index in [9.17, 15) is 0 Å². The van der Waals surface area contributed by atoms with Gasteiger partial charge < -0.3 is 10.1 Å². The summed E-state index contributed by atoms with van der Waals surface area (Å²) in [5.74, 6) is 0.647. The Balaban J connectivity index is 1.89. The molecule has 2 aromatic carbocycles. The van der Waals surface area contributed by atoms with Crippen LogP contribution in [0.2, 0.25) is 10.0 Å². The molecule has 4 aromatic rings. The van der Waals surface area contributed by atoms with Crippen molar-refractivity contribution >= 4 is 73.1 Å². The third-order valence-electron chi connectivity index (χ3n) is 3.74. The highest BCUT2D eigenvalue weighted by molar-refractivity contribution is 7.21. The van der Waals surface area contributed by atoms with Crippen molar-refractivity contribution in [2.75, 3.05) is 12.4 Å². The van der Waals surface area contributed by atoms with Crippen molar-refractivity contribution in [2.45, 2.75) is 0 Å². The highest BCUT2D eigenvalue weighted by atomic mass is 35.5. The van der Waals surface area contributed by atoms with Gasteiger partial charge in [0.05, 0.1) is 38.3 Å². The topological polar surface area (TPSA) is 83.8 Å². The fraction of sp³-hybridized carbons (Fsp3) is 0.0588. The highest BCUT2D eigenvalue weighted by Gasteiger charge is 2.15. The molecule has 0 radical (unpaired) electrons. The lowest BCUT2D eigenvalue weighted by molar-refractivity contribution is 0.401. The molecule has 2 N–H and O–H groups in total. The van der Waals surface area contributed by atoms with Gasteiger partial charge >= 0.3 is 0 Å². The predicted molar refractivity (Wildman–Crippen MR) is 106 cm³/mol. The Kier molecular flexibility index (Phi) is 4.36. The van der Waals surface area contributed by atoms with Gasteiger partial charge in [0.15, 0.2) is 5.01 Å². The van der Waals surface area contributed by atoms with E-state index < -0.39 is 0 Å². The zero-order valence-corrected chi connectivity index (χ0v) is 15.7. The minimum absolute atomic E-state index is 0.0233. The monoisotopic (exact) mass is 403 g/mol. The molecule has 4 rings (SSSR count). The van der Waals surface area contributed by atoms with Gasteiger partial charge in [-0.3, -0.25) is 5.41 Å². The number of rotatable bonds is 3. The van der Waals surface area contributed by atoms with E-state index in [1.54, 1.807) is 12.1 Å². The van der Waals surface area contributed by atoms with Gasteiger partial charge in [0.1, 0.15) is 12.1 Å². The third-order valence-corrected chi connectivity index (χ3v) is 5.56. The number of halogens is 2. The first-order valence-electron chi connectivity index (χ1n) is 7.46. The Morgan fingerprint density at radius 1 is 1.12 bits per heavy atom. The van der Waals surface area contributed by atoms with Crippen LogP contribution in [0.1, 0.15) is 5.01 Å². The number of anilines is 2. The second-order valence-electron chi connectivity index (χ2n) is 5.34. The maximum atomic E-state index is 7.85. The summed E-state index contributed by atoms with van der Waals surface area (Å²) >= 11 is 13.4. The largest absolute Gasteiger partial charge is 0.479 e. The molecule has 2 aromatic heterocycles. The fourth-order valence-electron chi connectivity index (χ4n) is 2.52. The second-order valence-corrected chi connectivity index (χ2v) is 7.15. The van der Waals surface area contributed by atoms with Gasteiger partial charge in [0.25, 0.3) is 0 Å². The molecule has 0 atom stereocenters. The van der Waals surface area contributed by atoms with Crippen LogP contribution in [0.4, 0.5) is 11.5 Å². The highest BCUT2D eigenvalue weighted by Crippen LogP contribution is 2.35. The summed E-state index contributed by atoms with van der Waals surface area (Å²) in [6.45, 7) is 0. The Morgan fingerprint density at radius 2 is 1.92 bits per heavy atom. The van der Waals surface area contributed by atoms with Crippen molar-refractivity contribution in [3.05, 3.63) is 51.7 Å². The molecule has 0 amide bonds. The van der Waals surface area contributed by atoms with Crippen molar-refractivity contribution in [2.24, 2.45) is 0 Å². The molecule has 0 aliphatic rings. The summed E-state index contributed by atoms with van der Waals surface area (Å²) < 4.78 is 5.86. The molecule has 26 heavy (non-hydrogen) atoms. The second kappa shape index (κ2) is 6.68. The van der Waals surface area contributed by atoms with Crippen LogP contribution in [0.25, 0.3) is 21.1 Å². The van der Waals surface area contributed by atoms with E-state index in [0.717, 1.165) is 26.8 Å². The summed E-state index contributed by atoms with van der Waals surface area (Å²) in [5, 5.41) is 13.4. The van der Waals surface area contributed by atoms with E-state index in [0.29, 0.717) is 20.9 Å². The van der Waals surface area contributed by atoms with Gasteiger partial charge in [-0.25, -0.2) is 15.0 Å². The predicted octanol–water partition coefficient (Wildman–Crippen LogP) is 5.26. The molecular formula is C17H11Cl2N5OS. The van der Waals surface area contributed by atoms with Gasteiger partial charge in [0, 0.05) is 5.69 Å². The standard InChI is InChI=1S/C17H11Cl2N5OS/c1-25-15(20)17-24-12-5-4-11-13(14(12)26-17)16(22-7-21-11)23-8-2-3-9(18)10(19)6-8/h2-7,20H,1H3,(H,21,22,23). The summed E-state index contributed by atoms with van der Waals surface area (Å²) in [6, 6.07) is 9.02. The Hall–Kier alpha value is -2.48. The average molecular weight is 404 g/mol. The molecule has 130 valence electrons. The zero-order chi connectivity index (χ0) is 18.3. The molecule has 9 heteroatoms. The SMILES string of the molecule is COC(=N)c1nc2ccc3ncnc(Nc4ccc(Cl)c(Cl)c4)c3c2s1. The smallest absolute Gasteiger partial charge is 0.242 e. The van der Waals surface area contributed by atoms with Gasteiger partial charge in [-0.2, -0.15) is 0 Å². The quantitative estimate of drug-likeness (QED) is 0.359. The van der Waals surface area contributed by atoms with Crippen LogP contribution in [-0.2, 0) is 4.74 Å². The minimum Gasteiger partial charge on any atom is -0.479 e. The molecule has 0 aliphatic carbocycles. The maximum Gasteiger partial charge on any atom is 0.242 e. The molecule has 0 spiro atoms. The minimum atomic E-state index is 0.0233. The number of hydrogen-bond donors (Lipinski definition) is 2. The van der Waals surface area contributed by atoms with Crippen LogP contribution < -0.4 is 5.32 Å². The number of thiazole rings is 1. The molecule has 0 bridgehead atoms. The molecular weight excluding hydrogens is 393 g/mol. The number of fused-ring (bicyclic) bond motifs is 3. The molecule has 2 heterocycles. The number of ether oxygens (including phenoxy) is 1. The average Bonchev–Trinajstić information content (AvgIpc) is 3.08. The number of hydrogen-bond acceptors (Lipinski definition) is 7. The van der Waals surface area contributed by atoms with Gasteiger partial charge in [-0.15, -0.1) is 11.3 Å². The summed E-state index contributed by atoms with van der Waals surface area (Å²) in [4.78, 5) is 13.2. The number of methoxy groups -OCH3 is 1. The maximum absolute atomic E-state index is 7.85. The number of nitrogens with one attached hydrogen (secondary N) is 2. The Labute approximate surface area is 162 Å². The van der Waals surface area contributed by atoms with Crippen molar-refractivity contribution in [3.63, 3.8) is 0 Å². The van der Waals surface area contributed by atoms with E-state index >= 15 is 0 Å². The van der Waals surface area contributed by atoms with Crippen molar-refractivity contribution in [1.29, 1.82) is 5.41 Å². The van der Waals surface area contributed by atoms with Crippen LogP contribution in [0.5, 0.6) is 0 Å². The molecule has 0 saturated heterocycles. The van der Waals surface area contributed by atoms with Crippen molar-refractivity contribution in [1.82, 2.24) is 15.0 Å². The lowest BCUT2D eigenvalue weighted by Gasteiger charge is -2.09. The molecule has 0 aliphatic heterocycles. The van der Waals surface area contributed by atoms with Gasteiger partial charge in [-0.05, 0) is 30.3 Å². The Bertz CT molecular complexity index is 1160. The first-order chi connectivity index (χ1) is 12.6. The normalized spacial score (nSPS) is 11.0. The van der Waals surface area contributed by atoms with E-state index in [2.05, 4.69) is 20.3 Å². The first kappa shape index (κ1) is 17.0. The van der Waals surface area contributed by atoms with E-state index in [1.165, 1.54) is 24.8 Å². The van der Waals surface area contributed by atoms with E-state index in [-0.39, 0.29) is 5.90 Å². The van der Waals surface area contributed by atoms with Gasteiger partial charge in [-0.1, -0.05) is 23.2 Å². The van der Waals surface area contributed by atoms with E-state index in [4.69, 9.17) is 33.3 Å². The lowest BCUT2D eigenvalue weighted by Crippen LogP contribution is -1.99. The first-order valence-corrected chi connectivity index (χ1v) is 9.03. The van der Waals surface area contributed by atoms with Crippen molar-refractivity contribution < 1.29 is 4.74 Å². The number of aromatic nitrogens is 3. The number of benzene rings is 2. The third kappa shape index (κ3) is 2.94. The van der Waals surface area contributed by atoms with Crippen LogP contribution in [-0.4, -0.2) is 28.0 Å². The van der Waals surface area contributed by atoms with Gasteiger partial charge in [0.2, 0.25) is 5.90 Å². The lowest BCUT2D eigenvalue weighted by atomic mass is 10.2. The van der Waals surface area contributed by atoms with E-state index in [1.807, 2.05) is 18.2 Å². The zero-order valence-electron chi connectivity index (χ0n) is 13.4. The van der Waals surface area contributed by atoms with Crippen LogP contribution in [0.15, 0.2) is 36.7 Å². The fourth-order valence-corrected chi connectivity index (χ4v) is 3.85. The van der Waals surface area contributed by atoms with Crippen LogP contribution in [0.3, 0.4) is 0 Å².